The lowest BCUT2D eigenvalue weighted by Crippen LogP contribution is -2.32. The summed E-state index contributed by atoms with van der Waals surface area (Å²) in [6, 6.07) is 9.39. The summed E-state index contributed by atoms with van der Waals surface area (Å²) in [5.74, 6) is 0. The average Bonchev–Trinajstić information content (AvgIpc) is 2.96. The summed E-state index contributed by atoms with van der Waals surface area (Å²) < 4.78 is 71.3. The van der Waals surface area contributed by atoms with Crippen molar-refractivity contribution in [1.82, 2.24) is 15.1 Å². The molecule has 0 bridgehead atoms. The number of fused-ring (bicyclic) bond motifs is 1. The first-order valence-corrected chi connectivity index (χ1v) is 10.8. The maximum absolute atomic E-state index is 13.0. The van der Waals surface area contributed by atoms with Crippen molar-refractivity contribution in [1.29, 1.82) is 0 Å². The van der Waals surface area contributed by atoms with E-state index in [4.69, 9.17) is 4.74 Å². The van der Waals surface area contributed by atoms with Crippen LogP contribution in [0, 0.1) is 0 Å². The van der Waals surface area contributed by atoms with Gasteiger partial charge in [0.2, 0.25) is 0 Å². The number of benzene rings is 2. The standard InChI is InChI=1S/C19H20F5N3O2S/c1-19(2,3)29-18(28)25-12-16-15-6-4-5-7-17(15)27(26-16)13-8-10-14(11-9-13)30(20,21,22,23)24/h4-11H,12H2,1-3H3,(H,25,28). The van der Waals surface area contributed by atoms with Gasteiger partial charge in [-0.2, -0.15) is 5.10 Å². The summed E-state index contributed by atoms with van der Waals surface area (Å²) in [6.45, 7) is 5.15. The van der Waals surface area contributed by atoms with Crippen molar-refractivity contribution in [3.63, 3.8) is 0 Å². The predicted molar refractivity (Wildman–Crippen MR) is 106 cm³/mol. The van der Waals surface area contributed by atoms with Gasteiger partial charge < -0.3 is 10.1 Å². The molecule has 164 valence electrons. The second kappa shape index (κ2) is 6.34. The van der Waals surface area contributed by atoms with Crippen molar-refractivity contribution >= 4 is 27.2 Å². The predicted octanol–water partition coefficient (Wildman–Crippen LogP) is 6.71. The van der Waals surface area contributed by atoms with Crippen molar-refractivity contribution in [2.45, 2.75) is 37.8 Å². The van der Waals surface area contributed by atoms with Crippen LogP contribution in [-0.2, 0) is 11.3 Å². The van der Waals surface area contributed by atoms with E-state index in [-0.39, 0.29) is 12.2 Å². The Balaban J connectivity index is 1.94. The largest absolute Gasteiger partial charge is 0.444 e. The fraction of sp³-hybridized carbons (Fsp3) is 0.263. The van der Waals surface area contributed by atoms with Crippen molar-refractivity contribution in [2.24, 2.45) is 0 Å². The number of aromatic nitrogens is 2. The molecule has 0 radical (unpaired) electrons. The average molecular weight is 449 g/mol. The summed E-state index contributed by atoms with van der Waals surface area (Å²) in [6.07, 6.45) is -0.652. The van der Waals surface area contributed by atoms with E-state index < -0.39 is 26.8 Å². The van der Waals surface area contributed by atoms with E-state index in [1.807, 2.05) is 0 Å². The van der Waals surface area contributed by atoms with Crippen LogP contribution in [0.4, 0.5) is 24.2 Å². The molecule has 11 heteroatoms. The van der Waals surface area contributed by atoms with E-state index in [2.05, 4.69) is 10.4 Å². The molecular formula is C19H20F5N3O2S. The van der Waals surface area contributed by atoms with E-state index in [9.17, 15) is 24.2 Å². The Morgan fingerprint density at radius 1 is 1.03 bits per heavy atom. The number of halogens is 5. The van der Waals surface area contributed by atoms with Crippen molar-refractivity contribution in [3.8, 4) is 5.69 Å². The molecule has 1 aromatic heterocycles. The summed E-state index contributed by atoms with van der Waals surface area (Å²) in [5.41, 5.74) is 0.461. The smallest absolute Gasteiger partial charge is 0.407 e. The second-order valence-electron chi connectivity index (χ2n) is 7.69. The van der Waals surface area contributed by atoms with Gasteiger partial charge in [0.1, 0.15) is 10.5 Å². The van der Waals surface area contributed by atoms with Crippen molar-refractivity contribution in [2.75, 3.05) is 0 Å². The third-order valence-electron chi connectivity index (χ3n) is 3.99. The molecule has 5 nitrogen and oxygen atoms in total. The van der Waals surface area contributed by atoms with E-state index in [0.29, 0.717) is 28.7 Å². The normalized spacial score (nSPS) is 14.8. The van der Waals surface area contributed by atoms with Gasteiger partial charge in [-0.1, -0.05) is 37.6 Å². The molecule has 0 saturated carbocycles. The zero-order chi connectivity index (χ0) is 22.4. The number of alkyl carbamates (subject to hydrolysis) is 1. The zero-order valence-electron chi connectivity index (χ0n) is 16.3. The van der Waals surface area contributed by atoms with Crippen molar-refractivity contribution in [3.05, 3.63) is 54.2 Å². The van der Waals surface area contributed by atoms with E-state index in [0.717, 1.165) is 12.1 Å². The highest BCUT2D eigenvalue weighted by Gasteiger charge is 2.65. The van der Waals surface area contributed by atoms with Crippen LogP contribution in [0.5, 0.6) is 0 Å². The van der Waals surface area contributed by atoms with Gasteiger partial charge in [-0.15, -0.1) is 0 Å². The Hall–Kier alpha value is -2.82. The lowest BCUT2D eigenvalue weighted by molar-refractivity contribution is 0.0523. The highest BCUT2D eigenvalue weighted by molar-refractivity contribution is 8.45. The van der Waals surface area contributed by atoms with Crippen molar-refractivity contribution < 1.29 is 29.0 Å². The van der Waals surface area contributed by atoms with Crippen LogP contribution in [-0.4, -0.2) is 21.5 Å². The molecule has 0 aliphatic rings. The quantitative estimate of drug-likeness (QED) is 0.451. The van der Waals surface area contributed by atoms with E-state index in [1.54, 1.807) is 45.0 Å². The molecule has 0 aliphatic carbocycles. The molecule has 1 amide bonds. The molecule has 3 rings (SSSR count). The maximum atomic E-state index is 13.0. The topological polar surface area (TPSA) is 56.1 Å². The minimum Gasteiger partial charge on any atom is -0.444 e. The first kappa shape index (κ1) is 21.9. The number of hydrogen-bond donors (Lipinski definition) is 1. The third kappa shape index (κ3) is 5.02. The number of rotatable bonds is 4. The minimum atomic E-state index is -9.75. The van der Waals surface area contributed by atoms with Gasteiger partial charge in [0.15, 0.2) is 0 Å². The number of carbonyl (C=O) groups is 1. The lowest BCUT2D eigenvalue weighted by Gasteiger charge is -2.40. The molecule has 0 spiro atoms. The fourth-order valence-corrected chi connectivity index (χ4v) is 3.42. The number of nitrogens with one attached hydrogen (secondary N) is 1. The van der Waals surface area contributed by atoms with E-state index in [1.165, 1.54) is 4.68 Å². The second-order valence-corrected chi connectivity index (χ2v) is 10.1. The Morgan fingerprint density at radius 2 is 1.63 bits per heavy atom. The number of nitrogens with zero attached hydrogens (tertiary/aromatic N) is 2. The number of hydrogen-bond acceptors (Lipinski definition) is 3. The molecule has 0 aliphatic heterocycles. The van der Waals surface area contributed by atoms with Gasteiger partial charge in [0.05, 0.1) is 23.4 Å². The Labute approximate surface area is 169 Å². The number of carbonyl (C=O) groups excluding carboxylic acids is 1. The minimum absolute atomic E-state index is 0.00592. The van der Waals surface area contributed by atoms with Gasteiger partial charge in [0, 0.05) is 5.39 Å². The van der Waals surface area contributed by atoms with Gasteiger partial charge in [-0.3, -0.25) is 0 Å². The zero-order valence-corrected chi connectivity index (χ0v) is 17.2. The van der Waals surface area contributed by atoms with Crippen LogP contribution in [0.2, 0.25) is 0 Å². The van der Waals surface area contributed by atoms with Gasteiger partial charge in [-0.25, -0.2) is 9.48 Å². The van der Waals surface area contributed by atoms with Crippen LogP contribution < -0.4 is 5.32 Å². The van der Waals surface area contributed by atoms with E-state index >= 15 is 0 Å². The highest BCUT2D eigenvalue weighted by Crippen LogP contribution is 3.02. The Kier molecular flexibility index (Phi) is 4.62. The Bertz CT molecular complexity index is 1100. The van der Waals surface area contributed by atoms with Gasteiger partial charge in [-0.05, 0) is 51.1 Å². The molecule has 30 heavy (non-hydrogen) atoms. The molecule has 0 unspecified atom stereocenters. The first-order chi connectivity index (χ1) is 13.5. The number of amides is 1. The van der Waals surface area contributed by atoms with Crippen LogP contribution >= 0.6 is 10.2 Å². The fourth-order valence-electron chi connectivity index (χ4n) is 2.77. The van der Waals surface area contributed by atoms with Crippen LogP contribution in [0.15, 0.2) is 53.4 Å². The van der Waals surface area contributed by atoms with Crippen LogP contribution in [0.25, 0.3) is 16.6 Å². The molecule has 0 saturated heterocycles. The molecule has 0 atom stereocenters. The molecule has 1 heterocycles. The SMILES string of the molecule is CC(C)(C)OC(=O)NCc1nn(-c2ccc(S(F)(F)(F)(F)F)cc2)c2ccccc12. The number of para-hydroxylation sites is 1. The Morgan fingerprint density at radius 3 is 2.20 bits per heavy atom. The van der Waals surface area contributed by atoms with Crippen LogP contribution in [0.1, 0.15) is 26.5 Å². The third-order valence-corrected chi connectivity index (χ3v) is 5.15. The molecule has 1 N–H and O–H groups in total. The molecule has 2 aromatic carbocycles. The summed E-state index contributed by atoms with van der Waals surface area (Å²) in [5, 5.41) is 7.56. The van der Waals surface area contributed by atoms with Gasteiger partial charge in [0.25, 0.3) is 0 Å². The maximum Gasteiger partial charge on any atom is 0.407 e. The summed E-state index contributed by atoms with van der Waals surface area (Å²) in [7, 11) is -9.75. The monoisotopic (exact) mass is 449 g/mol. The van der Waals surface area contributed by atoms with Crippen LogP contribution in [0.3, 0.4) is 0 Å². The van der Waals surface area contributed by atoms with Gasteiger partial charge >= 0.3 is 16.3 Å². The first-order valence-electron chi connectivity index (χ1n) is 8.81. The number of ether oxygens (including phenoxy) is 1. The molecule has 0 fully saturated rings. The molecular weight excluding hydrogens is 429 g/mol. The summed E-state index contributed by atoms with van der Waals surface area (Å²) in [4.78, 5) is 9.92. The molecule has 3 aromatic rings. The summed E-state index contributed by atoms with van der Waals surface area (Å²) >= 11 is 0. The highest BCUT2D eigenvalue weighted by atomic mass is 32.5. The lowest BCUT2D eigenvalue weighted by atomic mass is 10.2.